The number of rotatable bonds is 5. The molecule has 34 heavy (non-hydrogen) atoms. The van der Waals surface area contributed by atoms with Gasteiger partial charge in [-0.2, -0.15) is 0 Å². The molecule has 1 N–H and O–H groups in total. The topological polar surface area (TPSA) is 71.4 Å². The second-order valence-electron chi connectivity index (χ2n) is 8.09. The summed E-state index contributed by atoms with van der Waals surface area (Å²) in [7, 11) is 1.72. The van der Waals surface area contributed by atoms with Crippen LogP contribution in [0.4, 0.5) is 5.69 Å². The minimum atomic E-state index is -0.256. The largest absolute Gasteiger partial charge is 0.330 e. The van der Waals surface area contributed by atoms with Crippen LogP contribution in [0, 0.1) is 0 Å². The van der Waals surface area contributed by atoms with Gasteiger partial charge in [0.25, 0.3) is 17.4 Å². The number of carbonyl (C=O) groups is 2. The molecule has 0 aliphatic carbocycles. The lowest BCUT2D eigenvalue weighted by molar-refractivity contribution is 0.0766. The fourth-order valence-electron chi connectivity index (χ4n) is 4.13. The van der Waals surface area contributed by atoms with E-state index in [0.29, 0.717) is 39.1 Å². The summed E-state index contributed by atoms with van der Waals surface area (Å²) < 4.78 is 2.09. The molecule has 0 saturated heterocycles. The third-order valence-electron chi connectivity index (χ3n) is 5.82. The number of pyridine rings is 1. The van der Waals surface area contributed by atoms with Crippen molar-refractivity contribution in [3.05, 3.63) is 109 Å². The van der Waals surface area contributed by atoms with Gasteiger partial charge >= 0.3 is 0 Å². The zero-order valence-corrected chi connectivity index (χ0v) is 19.8. The molecule has 0 atom stereocenters. The minimum absolute atomic E-state index is 0.0725. The third-order valence-corrected chi connectivity index (χ3v) is 7.05. The average Bonchev–Trinajstić information content (AvgIpc) is 3.40. The van der Waals surface area contributed by atoms with Crippen LogP contribution >= 0.6 is 22.9 Å². The molecule has 2 aromatic heterocycles. The van der Waals surface area contributed by atoms with E-state index in [0.717, 1.165) is 16.7 Å². The Hall–Kier alpha value is -3.68. The van der Waals surface area contributed by atoms with E-state index in [1.807, 2.05) is 30.3 Å². The van der Waals surface area contributed by atoms with E-state index in [2.05, 4.69) is 5.32 Å². The molecule has 0 saturated carbocycles. The smallest absolute Gasteiger partial charge is 0.265 e. The molecule has 0 spiro atoms. The van der Waals surface area contributed by atoms with Gasteiger partial charge in [0.1, 0.15) is 0 Å². The number of benzene rings is 2. The first-order valence-electron chi connectivity index (χ1n) is 10.6. The molecule has 1 aliphatic heterocycles. The monoisotopic (exact) mass is 489 g/mol. The number of amides is 2. The van der Waals surface area contributed by atoms with Crippen molar-refractivity contribution in [3.8, 4) is 11.1 Å². The van der Waals surface area contributed by atoms with Crippen molar-refractivity contribution in [2.75, 3.05) is 5.32 Å². The van der Waals surface area contributed by atoms with Crippen LogP contribution in [0.2, 0.25) is 4.34 Å². The molecule has 5 rings (SSSR count). The lowest BCUT2D eigenvalue weighted by Gasteiger charge is -2.16. The minimum Gasteiger partial charge on any atom is -0.330 e. The number of hydrogen-bond acceptors (Lipinski definition) is 4. The van der Waals surface area contributed by atoms with Crippen LogP contribution in [0.1, 0.15) is 31.2 Å². The van der Waals surface area contributed by atoms with Gasteiger partial charge in [-0.15, -0.1) is 11.3 Å². The average molecular weight is 490 g/mol. The molecule has 0 bridgehead atoms. The van der Waals surface area contributed by atoms with Crippen molar-refractivity contribution in [2.45, 2.75) is 13.1 Å². The van der Waals surface area contributed by atoms with Gasteiger partial charge in [-0.1, -0.05) is 35.9 Å². The summed E-state index contributed by atoms with van der Waals surface area (Å²) in [5.74, 6) is -0.348. The predicted octanol–water partition coefficient (Wildman–Crippen LogP) is 5.18. The Morgan fingerprint density at radius 1 is 1.03 bits per heavy atom. The van der Waals surface area contributed by atoms with Crippen molar-refractivity contribution in [2.24, 2.45) is 7.05 Å². The van der Waals surface area contributed by atoms with Gasteiger partial charge in [0, 0.05) is 48.7 Å². The summed E-state index contributed by atoms with van der Waals surface area (Å²) in [6, 6.07) is 20.0. The summed E-state index contributed by atoms with van der Waals surface area (Å²) in [6.07, 6.45) is 1.72. The lowest BCUT2D eigenvalue weighted by atomic mass is 10.0. The molecule has 6 nitrogen and oxygen atoms in total. The Balaban J connectivity index is 1.38. The van der Waals surface area contributed by atoms with Crippen molar-refractivity contribution in [3.63, 3.8) is 0 Å². The quantitative estimate of drug-likeness (QED) is 0.420. The fourth-order valence-corrected chi connectivity index (χ4v) is 5.07. The van der Waals surface area contributed by atoms with Crippen LogP contribution < -0.4 is 10.9 Å². The second-order valence-corrected chi connectivity index (χ2v) is 9.80. The van der Waals surface area contributed by atoms with E-state index in [1.54, 1.807) is 59.1 Å². The predicted molar refractivity (Wildman–Crippen MR) is 134 cm³/mol. The highest BCUT2D eigenvalue weighted by Crippen LogP contribution is 2.32. The van der Waals surface area contributed by atoms with Crippen LogP contribution in [0.5, 0.6) is 0 Å². The molecule has 2 aromatic carbocycles. The van der Waals surface area contributed by atoms with E-state index >= 15 is 0 Å². The van der Waals surface area contributed by atoms with Crippen LogP contribution in [-0.4, -0.2) is 21.3 Å². The number of fused-ring (bicyclic) bond motifs is 1. The van der Waals surface area contributed by atoms with E-state index < -0.39 is 0 Å². The first-order chi connectivity index (χ1) is 16.4. The van der Waals surface area contributed by atoms with Crippen LogP contribution in [0.3, 0.4) is 0 Å². The molecule has 3 heterocycles. The molecule has 0 unspecified atom stereocenters. The van der Waals surface area contributed by atoms with E-state index in [1.165, 1.54) is 11.3 Å². The number of anilines is 1. The highest BCUT2D eigenvalue weighted by molar-refractivity contribution is 7.18. The van der Waals surface area contributed by atoms with Crippen molar-refractivity contribution in [1.82, 2.24) is 9.47 Å². The molecule has 0 radical (unpaired) electrons. The standard InChI is InChI=1S/C26H20ClN3O3S/c1-29-12-4-8-18(25(29)32)17-6-2-5-16(13-17)14-30-15-20-19(26(30)33)7-3-9-21(20)28-24(31)22-10-11-23(27)34-22/h2-13H,14-15H2,1H3,(H,28,31). The summed E-state index contributed by atoms with van der Waals surface area (Å²) in [5.41, 5.74) is 4.25. The van der Waals surface area contributed by atoms with Gasteiger partial charge in [-0.3, -0.25) is 14.4 Å². The second kappa shape index (κ2) is 8.93. The summed E-state index contributed by atoms with van der Waals surface area (Å²) >= 11 is 7.16. The van der Waals surface area contributed by atoms with Crippen molar-refractivity contribution < 1.29 is 9.59 Å². The Labute approximate surface area is 205 Å². The van der Waals surface area contributed by atoms with Gasteiger partial charge in [0.15, 0.2) is 0 Å². The number of hydrogen-bond donors (Lipinski definition) is 1. The number of aromatic nitrogens is 1. The summed E-state index contributed by atoms with van der Waals surface area (Å²) in [5, 5.41) is 2.92. The summed E-state index contributed by atoms with van der Waals surface area (Å²) in [6.45, 7) is 0.773. The molecular weight excluding hydrogens is 470 g/mol. The zero-order chi connectivity index (χ0) is 23.8. The molecule has 1 aliphatic rings. The molecule has 170 valence electrons. The maximum Gasteiger partial charge on any atom is 0.265 e. The third kappa shape index (κ3) is 4.16. The Kier molecular flexibility index (Phi) is 5.81. The molecule has 4 aromatic rings. The normalized spacial score (nSPS) is 12.6. The zero-order valence-electron chi connectivity index (χ0n) is 18.2. The number of halogens is 1. The van der Waals surface area contributed by atoms with Gasteiger partial charge in [-0.05, 0) is 53.6 Å². The first-order valence-corrected chi connectivity index (χ1v) is 11.8. The number of nitrogens with one attached hydrogen (secondary N) is 1. The molecule has 2 amide bonds. The first kappa shape index (κ1) is 22.1. The van der Waals surface area contributed by atoms with Crippen LogP contribution in [0.15, 0.2) is 77.7 Å². The SMILES string of the molecule is Cn1cccc(-c2cccc(CN3Cc4c(NC(=O)c5ccc(Cl)s5)cccc4C3=O)c2)c1=O. The molecule has 8 heteroatoms. The van der Waals surface area contributed by atoms with Gasteiger partial charge in [0.2, 0.25) is 0 Å². The van der Waals surface area contributed by atoms with Gasteiger partial charge < -0.3 is 14.8 Å². The highest BCUT2D eigenvalue weighted by Gasteiger charge is 2.30. The Bertz CT molecular complexity index is 1490. The number of carbonyl (C=O) groups excluding carboxylic acids is 2. The number of nitrogens with zero attached hydrogens (tertiary/aromatic N) is 2. The molecule has 0 fully saturated rings. The maximum atomic E-state index is 13.1. The Morgan fingerprint density at radius 2 is 1.82 bits per heavy atom. The van der Waals surface area contributed by atoms with E-state index in [9.17, 15) is 14.4 Å². The van der Waals surface area contributed by atoms with Gasteiger partial charge in [-0.25, -0.2) is 0 Å². The Morgan fingerprint density at radius 3 is 2.62 bits per heavy atom. The number of aryl methyl sites for hydroxylation is 1. The van der Waals surface area contributed by atoms with Crippen molar-refractivity contribution >= 4 is 40.4 Å². The lowest BCUT2D eigenvalue weighted by Crippen LogP contribution is -2.23. The van der Waals surface area contributed by atoms with Crippen LogP contribution in [0.25, 0.3) is 11.1 Å². The maximum absolute atomic E-state index is 13.1. The van der Waals surface area contributed by atoms with Crippen molar-refractivity contribution in [1.29, 1.82) is 0 Å². The fraction of sp³-hybridized carbons (Fsp3) is 0.115. The molecular formula is C26H20ClN3O3S. The highest BCUT2D eigenvalue weighted by atomic mass is 35.5. The van der Waals surface area contributed by atoms with E-state index in [4.69, 9.17) is 11.6 Å². The van der Waals surface area contributed by atoms with Crippen LogP contribution in [-0.2, 0) is 20.1 Å². The van der Waals surface area contributed by atoms with E-state index in [-0.39, 0.29) is 17.4 Å². The van der Waals surface area contributed by atoms with Gasteiger partial charge in [0.05, 0.1) is 9.21 Å². The summed E-state index contributed by atoms with van der Waals surface area (Å²) in [4.78, 5) is 40.5. The number of thiophene rings is 1.